The molecule has 10 aromatic rings. The minimum atomic E-state index is -0.0688. The number of aromatic nitrogens is 1. The standard InChI is InChI=1S/C57H42N2.C2H6/c1-57(2)53-22-11-9-20-49(53)50-34-33-48(38-54(50)57)59-55-23-12-10-21-51(55)52-37-44(28-35-56(52)59)43-18-13-19-47(36-43)58(45-29-24-41(25-30-45)39-14-5-3-6-15-39)46-31-26-42(27-32-46)40-16-7-4-8-17-40;1-2/h3-38H,1-2H3;1-2H3. The van der Waals surface area contributed by atoms with Crippen LogP contribution in [0.4, 0.5) is 17.1 Å². The minimum Gasteiger partial charge on any atom is -0.310 e. The first-order valence-electron chi connectivity index (χ1n) is 21.5. The number of benzene rings is 9. The van der Waals surface area contributed by atoms with Gasteiger partial charge in [-0.1, -0.05) is 179 Å². The molecule has 0 spiro atoms. The van der Waals surface area contributed by atoms with E-state index in [0.717, 1.165) is 17.1 Å². The van der Waals surface area contributed by atoms with Crippen molar-refractivity contribution in [1.82, 2.24) is 4.57 Å². The Balaban J connectivity index is 0.00000220. The second-order valence-electron chi connectivity index (χ2n) is 16.2. The molecule has 294 valence electrons. The highest BCUT2D eigenvalue weighted by molar-refractivity contribution is 6.10. The molecule has 2 heteroatoms. The van der Waals surface area contributed by atoms with Crippen LogP contribution in [0.2, 0.25) is 0 Å². The molecule has 1 heterocycles. The molecule has 0 fully saturated rings. The summed E-state index contributed by atoms with van der Waals surface area (Å²) in [5, 5.41) is 2.50. The van der Waals surface area contributed by atoms with Gasteiger partial charge in [0.25, 0.3) is 0 Å². The zero-order chi connectivity index (χ0) is 41.5. The van der Waals surface area contributed by atoms with E-state index in [2.05, 4.69) is 242 Å². The van der Waals surface area contributed by atoms with E-state index >= 15 is 0 Å². The summed E-state index contributed by atoms with van der Waals surface area (Å²) in [6, 6.07) is 79.7. The lowest BCUT2D eigenvalue weighted by molar-refractivity contribution is 0.660. The first kappa shape index (κ1) is 37.8. The second-order valence-corrected chi connectivity index (χ2v) is 16.2. The van der Waals surface area contributed by atoms with Crippen LogP contribution in [0.3, 0.4) is 0 Å². The van der Waals surface area contributed by atoms with Gasteiger partial charge in [0.1, 0.15) is 0 Å². The fraction of sp³-hybridized carbons (Fsp3) is 0.0847. The van der Waals surface area contributed by atoms with Crippen LogP contribution in [-0.2, 0) is 5.41 Å². The van der Waals surface area contributed by atoms with Gasteiger partial charge in [-0.3, -0.25) is 0 Å². The molecular weight excluding hydrogens is 737 g/mol. The Morgan fingerprint density at radius 2 is 0.852 bits per heavy atom. The number of rotatable bonds is 7. The third-order valence-corrected chi connectivity index (χ3v) is 12.4. The molecule has 0 atom stereocenters. The smallest absolute Gasteiger partial charge is 0.0541 e. The molecule has 0 unspecified atom stereocenters. The van der Waals surface area contributed by atoms with Gasteiger partial charge in [0, 0.05) is 38.9 Å². The van der Waals surface area contributed by atoms with E-state index in [4.69, 9.17) is 0 Å². The molecule has 11 rings (SSSR count). The molecular formula is C59H48N2. The first-order chi connectivity index (χ1) is 30.0. The predicted molar refractivity (Wildman–Crippen MR) is 261 cm³/mol. The van der Waals surface area contributed by atoms with Gasteiger partial charge < -0.3 is 9.47 Å². The molecule has 0 radical (unpaired) electrons. The van der Waals surface area contributed by atoms with E-state index in [9.17, 15) is 0 Å². The Bertz CT molecular complexity index is 3070. The zero-order valence-electron chi connectivity index (χ0n) is 35.2. The van der Waals surface area contributed by atoms with Crippen molar-refractivity contribution < 1.29 is 0 Å². The summed E-state index contributed by atoms with van der Waals surface area (Å²) in [4.78, 5) is 2.37. The van der Waals surface area contributed by atoms with Gasteiger partial charge in [-0.2, -0.15) is 0 Å². The summed E-state index contributed by atoms with van der Waals surface area (Å²) in [5.41, 5.74) is 19.5. The normalized spacial score (nSPS) is 12.4. The molecule has 0 aliphatic heterocycles. The van der Waals surface area contributed by atoms with Crippen LogP contribution in [-0.4, -0.2) is 4.57 Å². The van der Waals surface area contributed by atoms with Gasteiger partial charge in [-0.05, 0) is 122 Å². The van der Waals surface area contributed by atoms with Gasteiger partial charge in [0.15, 0.2) is 0 Å². The summed E-state index contributed by atoms with van der Waals surface area (Å²) < 4.78 is 2.45. The number of anilines is 3. The zero-order valence-corrected chi connectivity index (χ0v) is 35.2. The number of nitrogens with zero attached hydrogens (tertiary/aromatic N) is 2. The predicted octanol–water partition coefficient (Wildman–Crippen LogP) is 16.6. The largest absolute Gasteiger partial charge is 0.310 e. The molecule has 0 amide bonds. The molecule has 1 aliphatic rings. The molecule has 0 saturated carbocycles. The third-order valence-electron chi connectivity index (χ3n) is 12.4. The van der Waals surface area contributed by atoms with Gasteiger partial charge >= 0.3 is 0 Å². The van der Waals surface area contributed by atoms with E-state index in [1.165, 1.54) is 83.1 Å². The Kier molecular flexibility index (Phi) is 9.70. The van der Waals surface area contributed by atoms with Crippen molar-refractivity contribution in [2.75, 3.05) is 4.90 Å². The van der Waals surface area contributed by atoms with Crippen LogP contribution >= 0.6 is 0 Å². The summed E-state index contributed by atoms with van der Waals surface area (Å²) in [5.74, 6) is 0. The number of hydrogen-bond acceptors (Lipinski definition) is 1. The van der Waals surface area contributed by atoms with Gasteiger partial charge in [-0.25, -0.2) is 0 Å². The van der Waals surface area contributed by atoms with Crippen molar-refractivity contribution >= 4 is 38.9 Å². The number of fused-ring (bicyclic) bond motifs is 6. The topological polar surface area (TPSA) is 8.17 Å². The van der Waals surface area contributed by atoms with E-state index < -0.39 is 0 Å². The average molecular weight is 785 g/mol. The molecule has 1 aromatic heterocycles. The van der Waals surface area contributed by atoms with Gasteiger partial charge in [-0.15, -0.1) is 0 Å². The lowest BCUT2D eigenvalue weighted by Crippen LogP contribution is -2.15. The monoisotopic (exact) mass is 784 g/mol. The van der Waals surface area contributed by atoms with E-state index in [0.29, 0.717) is 0 Å². The molecule has 0 saturated heterocycles. The maximum atomic E-state index is 2.45. The fourth-order valence-corrected chi connectivity index (χ4v) is 9.40. The molecule has 1 aliphatic carbocycles. The fourth-order valence-electron chi connectivity index (χ4n) is 9.40. The van der Waals surface area contributed by atoms with E-state index in [1.807, 2.05) is 13.8 Å². The van der Waals surface area contributed by atoms with Crippen molar-refractivity contribution in [2.45, 2.75) is 33.1 Å². The van der Waals surface area contributed by atoms with Crippen LogP contribution in [0.1, 0.15) is 38.8 Å². The Morgan fingerprint density at radius 3 is 1.52 bits per heavy atom. The van der Waals surface area contributed by atoms with Crippen LogP contribution in [0.5, 0.6) is 0 Å². The second kappa shape index (κ2) is 15.6. The molecule has 0 N–H and O–H groups in total. The highest BCUT2D eigenvalue weighted by Crippen LogP contribution is 2.49. The van der Waals surface area contributed by atoms with E-state index in [1.54, 1.807) is 0 Å². The van der Waals surface area contributed by atoms with Crippen molar-refractivity contribution in [2.24, 2.45) is 0 Å². The SMILES string of the molecule is CC.CC1(C)c2ccccc2-c2ccc(-n3c4ccccc4c4cc(-c5cccc(N(c6ccc(-c7ccccc7)cc6)c6ccc(-c7ccccc7)cc6)c5)ccc43)cc21. The molecule has 0 bridgehead atoms. The molecule has 61 heavy (non-hydrogen) atoms. The first-order valence-corrected chi connectivity index (χ1v) is 21.5. The van der Waals surface area contributed by atoms with Crippen LogP contribution in [0, 0.1) is 0 Å². The van der Waals surface area contributed by atoms with Crippen molar-refractivity contribution in [1.29, 1.82) is 0 Å². The highest BCUT2D eigenvalue weighted by atomic mass is 15.1. The minimum absolute atomic E-state index is 0.0688. The third kappa shape index (κ3) is 6.62. The molecule has 2 nitrogen and oxygen atoms in total. The van der Waals surface area contributed by atoms with Gasteiger partial charge in [0.05, 0.1) is 11.0 Å². The summed E-state index contributed by atoms with van der Waals surface area (Å²) in [6.45, 7) is 8.71. The van der Waals surface area contributed by atoms with Crippen molar-refractivity contribution in [3.63, 3.8) is 0 Å². The Hall–Kier alpha value is -7.42. The highest BCUT2D eigenvalue weighted by Gasteiger charge is 2.35. The van der Waals surface area contributed by atoms with Crippen LogP contribution in [0.25, 0.3) is 72.0 Å². The summed E-state index contributed by atoms with van der Waals surface area (Å²) in [7, 11) is 0. The maximum Gasteiger partial charge on any atom is 0.0541 e. The van der Waals surface area contributed by atoms with Crippen LogP contribution in [0.15, 0.2) is 218 Å². The summed E-state index contributed by atoms with van der Waals surface area (Å²) in [6.07, 6.45) is 0. The van der Waals surface area contributed by atoms with Crippen LogP contribution < -0.4 is 4.90 Å². The Labute approximate surface area is 359 Å². The van der Waals surface area contributed by atoms with E-state index in [-0.39, 0.29) is 5.41 Å². The lowest BCUT2D eigenvalue weighted by Gasteiger charge is -2.26. The average Bonchev–Trinajstić information content (AvgIpc) is 3.78. The maximum absolute atomic E-state index is 2.45. The van der Waals surface area contributed by atoms with Crippen molar-refractivity contribution in [3.05, 3.63) is 230 Å². The summed E-state index contributed by atoms with van der Waals surface area (Å²) >= 11 is 0. The van der Waals surface area contributed by atoms with Crippen molar-refractivity contribution in [3.8, 4) is 50.2 Å². The lowest BCUT2D eigenvalue weighted by atomic mass is 9.82. The number of hydrogen-bond donors (Lipinski definition) is 0. The molecule has 9 aromatic carbocycles. The Morgan fingerprint density at radius 1 is 0.344 bits per heavy atom. The van der Waals surface area contributed by atoms with Gasteiger partial charge in [0.2, 0.25) is 0 Å². The quantitative estimate of drug-likeness (QED) is 0.156. The number of para-hydroxylation sites is 1.